The highest BCUT2D eigenvalue weighted by Crippen LogP contribution is 1.76. The summed E-state index contributed by atoms with van der Waals surface area (Å²) in [6.07, 6.45) is 0. The van der Waals surface area contributed by atoms with E-state index in [1.54, 1.807) is 11.9 Å². The molecule has 4 heteroatoms. The van der Waals surface area contributed by atoms with Crippen LogP contribution in [0.3, 0.4) is 0 Å². The van der Waals surface area contributed by atoms with Gasteiger partial charge >= 0.3 is 0 Å². The van der Waals surface area contributed by atoms with Crippen molar-refractivity contribution < 1.29 is 4.79 Å². The van der Waals surface area contributed by atoms with Crippen LogP contribution in [0.25, 0.3) is 0 Å². The van der Waals surface area contributed by atoms with Gasteiger partial charge in [0.1, 0.15) is 0 Å². The third-order valence-corrected chi connectivity index (χ3v) is 0.937. The van der Waals surface area contributed by atoms with Gasteiger partial charge in [0.05, 0.1) is 6.54 Å². The lowest BCUT2D eigenvalue weighted by Crippen LogP contribution is -2.33. The van der Waals surface area contributed by atoms with E-state index in [1.807, 2.05) is 0 Å². The first-order chi connectivity index (χ1) is 4.16. The minimum atomic E-state index is -0.314. The fourth-order valence-corrected chi connectivity index (χ4v) is 0.565. The molecule has 4 N–H and O–H groups in total. The standard InChI is InChI=1S/C5H13N3O/c1-8(3-2-6)4-5(7)9/h2-4,6H2,1H3,(H2,7,9). The first-order valence-corrected chi connectivity index (χ1v) is 2.83. The van der Waals surface area contributed by atoms with Gasteiger partial charge in [-0.1, -0.05) is 0 Å². The third kappa shape index (κ3) is 5.26. The molecule has 0 saturated carbocycles. The van der Waals surface area contributed by atoms with Crippen LogP contribution in [-0.2, 0) is 4.79 Å². The largest absolute Gasteiger partial charge is 0.369 e. The van der Waals surface area contributed by atoms with Crippen molar-refractivity contribution in [3.63, 3.8) is 0 Å². The quantitative estimate of drug-likeness (QED) is 0.480. The summed E-state index contributed by atoms with van der Waals surface area (Å²) in [5.41, 5.74) is 10.1. The number of hydrogen-bond acceptors (Lipinski definition) is 3. The van der Waals surface area contributed by atoms with Crippen LogP contribution in [0.2, 0.25) is 0 Å². The van der Waals surface area contributed by atoms with Crippen LogP contribution in [0.15, 0.2) is 0 Å². The van der Waals surface area contributed by atoms with Crippen molar-refractivity contribution in [2.24, 2.45) is 11.5 Å². The second-order valence-corrected chi connectivity index (χ2v) is 1.99. The SMILES string of the molecule is CN(CCN)CC(N)=O. The van der Waals surface area contributed by atoms with Crippen LogP contribution < -0.4 is 11.5 Å². The summed E-state index contributed by atoms with van der Waals surface area (Å²) in [5, 5.41) is 0. The number of rotatable bonds is 4. The van der Waals surface area contributed by atoms with Gasteiger partial charge in [0.15, 0.2) is 0 Å². The highest BCUT2D eigenvalue weighted by Gasteiger charge is 1.98. The molecule has 0 atom stereocenters. The second kappa shape index (κ2) is 4.29. The van der Waals surface area contributed by atoms with Crippen molar-refractivity contribution >= 4 is 5.91 Å². The van der Waals surface area contributed by atoms with Crippen LogP contribution >= 0.6 is 0 Å². The molecule has 54 valence electrons. The minimum Gasteiger partial charge on any atom is -0.369 e. The zero-order valence-corrected chi connectivity index (χ0v) is 5.63. The third-order valence-electron chi connectivity index (χ3n) is 0.937. The molecule has 0 aromatic carbocycles. The Bertz CT molecular complexity index is 94.2. The molecule has 0 heterocycles. The molecule has 0 aromatic heterocycles. The van der Waals surface area contributed by atoms with Gasteiger partial charge in [-0.15, -0.1) is 0 Å². The summed E-state index contributed by atoms with van der Waals surface area (Å²) in [6.45, 7) is 1.56. The molecule has 0 spiro atoms. The Morgan fingerprint density at radius 2 is 2.22 bits per heavy atom. The van der Waals surface area contributed by atoms with E-state index < -0.39 is 0 Å². The maximum Gasteiger partial charge on any atom is 0.231 e. The van der Waals surface area contributed by atoms with Crippen LogP contribution in [0, 0.1) is 0 Å². The lowest BCUT2D eigenvalue weighted by molar-refractivity contribution is -0.118. The number of carbonyl (C=O) groups excluding carboxylic acids is 1. The highest BCUT2D eigenvalue weighted by molar-refractivity contribution is 5.75. The Kier molecular flexibility index (Phi) is 4.00. The number of primary amides is 1. The topological polar surface area (TPSA) is 72.3 Å². The van der Waals surface area contributed by atoms with E-state index >= 15 is 0 Å². The molecule has 0 unspecified atom stereocenters. The van der Waals surface area contributed by atoms with Gasteiger partial charge in [0, 0.05) is 13.1 Å². The van der Waals surface area contributed by atoms with E-state index in [9.17, 15) is 4.79 Å². The lowest BCUT2D eigenvalue weighted by atomic mass is 10.5. The number of hydrogen-bond donors (Lipinski definition) is 2. The molecule has 0 radical (unpaired) electrons. The molecule has 0 aliphatic rings. The number of nitrogens with two attached hydrogens (primary N) is 2. The molecule has 0 aliphatic carbocycles. The zero-order chi connectivity index (χ0) is 7.28. The number of likely N-dealkylation sites (N-methyl/N-ethyl adjacent to an activating group) is 1. The number of nitrogens with zero attached hydrogens (tertiary/aromatic N) is 1. The Hall–Kier alpha value is -0.610. The van der Waals surface area contributed by atoms with E-state index in [1.165, 1.54) is 0 Å². The van der Waals surface area contributed by atoms with Crippen molar-refractivity contribution in [1.82, 2.24) is 4.90 Å². The van der Waals surface area contributed by atoms with Gasteiger partial charge in [0.25, 0.3) is 0 Å². The fourth-order valence-electron chi connectivity index (χ4n) is 0.565. The summed E-state index contributed by atoms with van der Waals surface area (Å²) < 4.78 is 0. The molecular weight excluding hydrogens is 118 g/mol. The van der Waals surface area contributed by atoms with Crippen molar-refractivity contribution in [3.05, 3.63) is 0 Å². The van der Waals surface area contributed by atoms with Crippen molar-refractivity contribution in [2.75, 3.05) is 26.7 Å². The van der Waals surface area contributed by atoms with Crippen LogP contribution in [-0.4, -0.2) is 37.5 Å². The normalized spacial score (nSPS) is 10.1. The Morgan fingerprint density at radius 3 is 2.56 bits per heavy atom. The van der Waals surface area contributed by atoms with Crippen LogP contribution in [0.4, 0.5) is 0 Å². The smallest absolute Gasteiger partial charge is 0.231 e. The molecule has 4 nitrogen and oxygen atoms in total. The fraction of sp³-hybridized carbons (Fsp3) is 0.800. The Balaban J connectivity index is 3.26. The maximum absolute atomic E-state index is 10.2. The number of carbonyl (C=O) groups is 1. The monoisotopic (exact) mass is 131 g/mol. The zero-order valence-electron chi connectivity index (χ0n) is 5.63. The molecular formula is C5H13N3O. The summed E-state index contributed by atoms with van der Waals surface area (Å²) in [5.74, 6) is -0.314. The minimum absolute atomic E-state index is 0.289. The molecule has 0 saturated heterocycles. The van der Waals surface area contributed by atoms with Crippen LogP contribution in [0.5, 0.6) is 0 Å². The maximum atomic E-state index is 10.2. The first kappa shape index (κ1) is 8.39. The van der Waals surface area contributed by atoms with E-state index in [0.29, 0.717) is 13.1 Å². The average molecular weight is 131 g/mol. The molecule has 1 amide bonds. The lowest BCUT2D eigenvalue weighted by Gasteiger charge is -2.11. The second-order valence-electron chi connectivity index (χ2n) is 1.99. The van der Waals surface area contributed by atoms with Gasteiger partial charge in [-0.25, -0.2) is 0 Å². The summed E-state index contributed by atoms with van der Waals surface area (Å²) >= 11 is 0. The van der Waals surface area contributed by atoms with Gasteiger partial charge in [-0.05, 0) is 7.05 Å². The number of amides is 1. The molecule has 0 aliphatic heterocycles. The molecule has 0 bridgehead atoms. The van der Waals surface area contributed by atoms with Crippen molar-refractivity contribution in [1.29, 1.82) is 0 Å². The van der Waals surface area contributed by atoms with Crippen LogP contribution in [0.1, 0.15) is 0 Å². The molecule has 9 heavy (non-hydrogen) atoms. The Morgan fingerprint density at radius 1 is 1.67 bits per heavy atom. The highest BCUT2D eigenvalue weighted by atomic mass is 16.1. The van der Waals surface area contributed by atoms with Gasteiger partial charge in [-0.3, -0.25) is 9.69 Å². The van der Waals surface area contributed by atoms with E-state index in [4.69, 9.17) is 11.5 Å². The molecule has 0 fully saturated rings. The average Bonchev–Trinajstić information content (AvgIpc) is 1.63. The van der Waals surface area contributed by atoms with E-state index in [2.05, 4.69) is 0 Å². The molecule has 0 aromatic rings. The summed E-state index contributed by atoms with van der Waals surface area (Å²) in [4.78, 5) is 12.0. The van der Waals surface area contributed by atoms with Gasteiger partial charge < -0.3 is 11.5 Å². The van der Waals surface area contributed by atoms with Crippen molar-refractivity contribution in [2.45, 2.75) is 0 Å². The van der Waals surface area contributed by atoms with Gasteiger partial charge in [-0.2, -0.15) is 0 Å². The predicted octanol–water partition coefficient (Wildman–Crippen LogP) is -1.64. The van der Waals surface area contributed by atoms with E-state index in [0.717, 1.165) is 0 Å². The predicted molar refractivity (Wildman–Crippen MR) is 35.7 cm³/mol. The molecule has 0 rings (SSSR count). The first-order valence-electron chi connectivity index (χ1n) is 2.83. The van der Waals surface area contributed by atoms with Gasteiger partial charge in [0.2, 0.25) is 5.91 Å². The van der Waals surface area contributed by atoms with E-state index in [-0.39, 0.29) is 12.5 Å². The summed E-state index contributed by atoms with van der Waals surface area (Å²) in [6, 6.07) is 0. The summed E-state index contributed by atoms with van der Waals surface area (Å²) in [7, 11) is 1.80. The Labute approximate surface area is 54.8 Å². The van der Waals surface area contributed by atoms with Crippen molar-refractivity contribution in [3.8, 4) is 0 Å².